The molecule has 0 aromatic carbocycles. The van der Waals surface area contributed by atoms with Gasteiger partial charge in [0.25, 0.3) is 0 Å². The Labute approximate surface area is 131 Å². The summed E-state index contributed by atoms with van der Waals surface area (Å²) in [5.41, 5.74) is 1.12. The molecular weight excluding hydrogens is 282 g/mol. The summed E-state index contributed by atoms with van der Waals surface area (Å²) in [7, 11) is 0. The van der Waals surface area contributed by atoms with Gasteiger partial charge in [0, 0.05) is 45.0 Å². The molecule has 0 aliphatic carbocycles. The average molecular weight is 305 g/mol. The molecule has 2 heterocycles. The molecular formula is C16H23N3O3. The molecule has 0 radical (unpaired) electrons. The Kier molecular flexibility index (Phi) is 5.75. The second kappa shape index (κ2) is 7.77. The first-order valence-corrected chi connectivity index (χ1v) is 7.71. The van der Waals surface area contributed by atoms with E-state index in [1.165, 1.54) is 0 Å². The molecule has 1 fully saturated rings. The number of ether oxygens (including phenoxy) is 1. The summed E-state index contributed by atoms with van der Waals surface area (Å²) >= 11 is 0. The Morgan fingerprint density at radius 1 is 1.18 bits per heavy atom. The molecule has 0 bridgehead atoms. The lowest BCUT2D eigenvalue weighted by Gasteiger charge is -2.34. The third-order valence-corrected chi connectivity index (χ3v) is 3.91. The first kappa shape index (κ1) is 16.3. The molecule has 0 N–H and O–H groups in total. The van der Waals surface area contributed by atoms with Crippen LogP contribution < -0.4 is 0 Å². The van der Waals surface area contributed by atoms with Gasteiger partial charge < -0.3 is 14.5 Å². The maximum Gasteiger partial charge on any atom is 0.409 e. The van der Waals surface area contributed by atoms with E-state index in [-0.39, 0.29) is 17.9 Å². The van der Waals surface area contributed by atoms with E-state index in [4.69, 9.17) is 4.74 Å². The molecule has 1 saturated heterocycles. The smallest absolute Gasteiger partial charge is 0.409 e. The van der Waals surface area contributed by atoms with E-state index in [2.05, 4.69) is 4.98 Å². The van der Waals surface area contributed by atoms with Crippen molar-refractivity contribution in [3.63, 3.8) is 0 Å². The van der Waals surface area contributed by atoms with Gasteiger partial charge in [-0.1, -0.05) is 6.92 Å². The van der Waals surface area contributed by atoms with Gasteiger partial charge >= 0.3 is 6.09 Å². The van der Waals surface area contributed by atoms with E-state index in [0.29, 0.717) is 39.2 Å². The number of piperazine rings is 1. The highest BCUT2D eigenvalue weighted by molar-refractivity contribution is 5.77. The van der Waals surface area contributed by atoms with Crippen molar-refractivity contribution >= 4 is 12.0 Å². The highest BCUT2D eigenvalue weighted by atomic mass is 16.6. The number of rotatable bonds is 4. The molecule has 0 unspecified atom stereocenters. The van der Waals surface area contributed by atoms with Crippen molar-refractivity contribution in [3.8, 4) is 0 Å². The van der Waals surface area contributed by atoms with Crippen LogP contribution in [-0.4, -0.2) is 59.6 Å². The molecule has 22 heavy (non-hydrogen) atoms. The molecule has 1 aliphatic rings. The molecule has 1 aromatic rings. The maximum atomic E-state index is 12.4. The van der Waals surface area contributed by atoms with Crippen molar-refractivity contribution in [1.29, 1.82) is 0 Å². The van der Waals surface area contributed by atoms with Crippen LogP contribution in [0, 0.1) is 0 Å². The standard InChI is InChI=1S/C16H23N3O3/c1-3-22-16(21)19-10-8-18(9-11-19)15(20)12-13(2)14-4-6-17-7-5-14/h4-7,13H,3,8-12H2,1-2H3/t13-/m0/s1. The maximum absolute atomic E-state index is 12.4. The molecule has 1 aromatic heterocycles. The summed E-state index contributed by atoms with van der Waals surface area (Å²) in [6.07, 6.45) is 3.67. The highest BCUT2D eigenvalue weighted by Crippen LogP contribution is 2.19. The predicted octanol–water partition coefficient (Wildman–Crippen LogP) is 1.88. The number of amides is 2. The van der Waals surface area contributed by atoms with Gasteiger partial charge in [0.15, 0.2) is 0 Å². The predicted molar refractivity (Wildman–Crippen MR) is 82.4 cm³/mol. The summed E-state index contributed by atoms with van der Waals surface area (Å²) in [4.78, 5) is 31.5. The van der Waals surface area contributed by atoms with E-state index in [1.54, 1.807) is 24.2 Å². The molecule has 0 spiro atoms. The van der Waals surface area contributed by atoms with Crippen LogP contribution in [0.25, 0.3) is 0 Å². The number of nitrogens with zero attached hydrogens (tertiary/aromatic N) is 3. The van der Waals surface area contributed by atoms with Crippen LogP contribution in [0.15, 0.2) is 24.5 Å². The van der Waals surface area contributed by atoms with Crippen LogP contribution >= 0.6 is 0 Å². The number of aromatic nitrogens is 1. The Morgan fingerprint density at radius 2 is 1.77 bits per heavy atom. The lowest BCUT2D eigenvalue weighted by molar-refractivity contribution is -0.133. The molecule has 6 heteroatoms. The zero-order valence-electron chi connectivity index (χ0n) is 13.2. The fourth-order valence-electron chi connectivity index (χ4n) is 2.55. The summed E-state index contributed by atoms with van der Waals surface area (Å²) in [5.74, 6) is 0.298. The molecule has 2 rings (SSSR count). The topological polar surface area (TPSA) is 62.7 Å². The quantitative estimate of drug-likeness (QED) is 0.852. The number of carbonyl (C=O) groups excluding carboxylic acids is 2. The number of hydrogen-bond acceptors (Lipinski definition) is 4. The monoisotopic (exact) mass is 305 g/mol. The Balaban J connectivity index is 1.81. The molecule has 1 aliphatic heterocycles. The first-order valence-electron chi connectivity index (χ1n) is 7.71. The van der Waals surface area contributed by atoms with Crippen molar-refractivity contribution < 1.29 is 14.3 Å². The molecule has 6 nitrogen and oxygen atoms in total. The Morgan fingerprint density at radius 3 is 2.36 bits per heavy atom. The Hall–Kier alpha value is -2.11. The van der Waals surface area contributed by atoms with Crippen molar-refractivity contribution in [2.45, 2.75) is 26.2 Å². The lowest BCUT2D eigenvalue weighted by atomic mass is 9.98. The second-order valence-corrected chi connectivity index (χ2v) is 5.45. The van der Waals surface area contributed by atoms with Gasteiger partial charge in [-0.3, -0.25) is 9.78 Å². The van der Waals surface area contributed by atoms with Crippen molar-refractivity contribution in [2.75, 3.05) is 32.8 Å². The number of pyridine rings is 1. The fourth-order valence-corrected chi connectivity index (χ4v) is 2.55. The van der Waals surface area contributed by atoms with Crippen LogP contribution in [-0.2, 0) is 9.53 Å². The fraction of sp³-hybridized carbons (Fsp3) is 0.562. The van der Waals surface area contributed by atoms with Crippen LogP contribution in [0.3, 0.4) is 0 Å². The van der Waals surface area contributed by atoms with Gasteiger partial charge in [-0.15, -0.1) is 0 Å². The van der Waals surface area contributed by atoms with Gasteiger partial charge in [-0.05, 0) is 30.5 Å². The van der Waals surface area contributed by atoms with Crippen LogP contribution in [0.5, 0.6) is 0 Å². The van der Waals surface area contributed by atoms with E-state index in [0.717, 1.165) is 5.56 Å². The minimum absolute atomic E-state index is 0.132. The van der Waals surface area contributed by atoms with Gasteiger partial charge in [0.05, 0.1) is 6.61 Å². The van der Waals surface area contributed by atoms with Gasteiger partial charge in [-0.2, -0.15) is 0 Å². The lowest BCUT2D eigenvalue weighted by Crippen LogP contribution is -2.50. The minimum atomic E-state index is -0.292. The van der Waals surface area contributed by atoms with Crippen LogP contribution in [0.1, 0.15) is 31.7 Å². The van der Waals surface area contributed by atoms with Crippen LogP contribution in [0.4, 0.5) is 4.79 Å². The number of hydrogen-bond donors (Lipinski definition) is 0. The SMILES string of the molecule is CCOC(=O)N1CCN(C(=O)C[C@H](C)c2ccncc2)CC1. The Bertz CT molecular complexity index is 499. The molecule has 2 amide bonds. The third-order valence-electron chi connectivity index (χ3n) is 3.91. The minimum Gasteiger partial charge on any atom is -0.450 e. The van der Waals surface area contributed by atoms with E-state index < -0.39 is 0 Å². The number of carbonyl (C=O) groups is 2. The van der Waals surface area contributed by atoms with Crippen molar-refractivity contribution in [3.05, 3.63) is 30.1 Å². The highest BCUT2D eigenvalue weighted by Gasteiger charge is 2.25. The summed E-state index contributed by atoms with van der Waals surface area (Å²) < 4.78 is 4.98. The van der Waals surface area contributed by atoms with Crippen molar-refractivity contribution in [1.82, 2.24) is 14.8 Å². The normalized spacial score (nSPS) is 16.3. The summed E-state index contributed by atoms with van der Waals surface area (Å²) in [6.45, 7) is 6.42. The largest absolute Gasteiger partial charge is 0.450 e. The first-order chi connectivity index (χ1) is 10.6. The second-order valence-electron chi connectivity index (χ2n) is 5.45. The molecule has 120 valence electrons. The van der Waals surface area contributed by atoms with E-state index >= 15 is 0 Å². The van der Waals surface area contributed by atoms with Gasteiger partial charge in [0.1, 0.15) is 0 Å². The summed E-state index contributed by atoms with van der Waals surface area (Å²) in [6, 6.07) is 3.88. The zero-order chi connectivity index (χ0) is 15.9. The zero-order valence-corrected chi connectivity index (χ0v) is 13.2. The molecule has 1 atom stereocenters. The van der Waals surface area contributed by atoms with Crippen molar-refractivity contribution in [2.24, 2.45) is 0 Å². The molecule has 0 saturated carbocycles. The van der Waals surface area contributed by atoms with Crippen LogP contribution in [0.2, 0.25) is 0 Å². The van der Waals surface area contributed by atoms with Gasteiger partial charge in [-0.25, -0.2) is 4.79 Å². The average Bonchev–Trinajstić information content (AvgIpc) is 2.56. The van der Waals surface area contributed by atoms with E-state index in [1.807, 2.05) is 24.0 Å². The summed E-state index contributed by atoms with van der Waals surface area (Å²) in [5, 5.41) is 0. The van der Waals surface area contributed by atoms with E-state index in [9.17, 15) is 9.59 Å². The van der Waals surface area contributed by atoms with Gasteiger partial charge in [0.2, 0.25) is 5.91 Å². The third kappa shape index (κ3) is 4.19.